The summed E-state index contributed by atoms with van der Waals surface area (Å²) in [6, 6.07) is 11.0. The highest BCUT2D eigenvalue weighted by atomic mass is 32.2. The fourth-order valence-corrected chi connectivity index (χ4v) is 5.31. The Balaban J connectivity index is 1.48. The van der Waals surface area contributed by atoms with E-state index in [0.717, 1.165) is 32.5 Å². The quantitative estimate of drug-likeness (QED) is 0.802. The molecule has 0 saturated carbocycles. The van der Waals surface area contributed by atoms with Crippen molar-refractivity contribution in [2.24, 2.45) is 0 Å². The van der Waals surface area contributed by atoms with Gasteiger partial charge in [-0.3, -0.25) is 0 Å². The minimum absolute atomic E-state index is 0.189. The zero-order chi connectivity index (χ0) is 17.7. The highest BCUT2D eigenvalue weighted by molar-refractivity contribution is 7.89. The molecule has 5 nitrogen and oxygen atoms in total. The molecule has 0 aliphatic carbocycles. The van der Waals surface area contributed by atoms with Crippen LogP contribution in [-0.2, 0) is 10.0 Å². The lowest BCUT2D eigenvalue weighted by Crippen LogP contribution is -2.39. The average molecular weight is 381 g/mol. The average Bonchev–Trinajstić information content (AvgIpc) is 3.17. The third-order valence-electron chi connectivity index (χ3n) is 4.61. The summed E-state index contributed by atoms with van der Waals surface area (Å²) in [5, 5.41) is 2.13. The number of nitrogens with one attached hydrogen (secondary N) is 1. The van der Waals surface area contributed by atoms with Crippen molar-refractivity contribution in [1.29, 1.82) is 0 Å². The van der Waals surface area contributed by atoms with E-state index in [1.54, 1.807) is 24.3 Å². The van der Waals surface area contributed by atoms with Gasteiger partial charge in [0.1, 0.15) is 10.6 Å². The number of piperidine rings is 1. The minimum atomic E-state index is -3.55. The summed E-state index contributed by atoms with van der Waals surface area (Å²) in [4.78, 5) is 3.99. The molecular weight excluding hydrogens is 356 g/mol. The van der Waals surface area contributed by atoms with Crippen molar-refractivity contribution in [3.8, 4) is 5.75 Å². The molecule has 1 aromatic carbocycles. The SMILES string of the molecule is COc1ccccc1S(=O)(=O)NCCN1CCC(c2cccs2)CC1. The molecule has 1 saturated heterocycles. The molecule has 0 spiro atoms. The van der Waals surface area contributed by atoms with E-state index in [0.29, 0.717) is 18.2 Å². The molecule has 0 unspecified atom stereocenters. The first-order valence-corrected chi connectivity index (χ1v) is 10.8. The van der Waals surface area contributed by atoms with Gasteiger partial charge < -0.3 is 9.64 Å². The fraction of sp³-hybridized carbons (Fsp3) is 0.444. The Morgan fingerprint density at radius 1 is 1.20 bits per heavy atom. The second kappa shape index (κ2) is 8.31. The molecule has 1 fully saturated rings. The maximum absolute atomic E-state index is 12.5. The van der Waals surface area contributed by atoms with Gasteiger partial charge in [0, 0.05) is 18.0 Å². The van der Waals surface area contributed by atoms with Gasteiger partial charge in [-0.1, -0.05) is 18.2 Å². The van der Waals surface area contributed by atoms with Crippen LogP contribution < -0.4 is 9.46 Å². The Morgan fingerprint density at radius 2 is 1.96 bits per heavy atom. The Kier molecular flexibility index (Phi) is 6.11. The number of likely N-dealkylation sites (tertiary alicyclic amines) is 1. The Hall–Kier alpha value is -1.41. The second-order valence-electron chi connectivity index (χ2n) is 6.18. The van der Waals surface area contributed by atoms with Crippen molar-refractivity contribution >= 4 is 21.4 Å². The van der Waals surface area contributed by atoms with E-state index in [2.05, 4.69) is 27.1 Å². The van der Waals surface area contributed by atoms with Crippen molar-refractivity contribution in [3.05, 3.63) is 46.7 Å². The van der Waals surface area contributed by atoms with E-state index in [-0.39, 0.29) is 4.90 Å². The number of hydrogen-bond acceptors (Lipinski definition) is 5. The molecule has 25 heavy (non-hydrogen) atoms. The molecule has 2 heterocycles. The molecule has 1 aliphatic heterocycles. The Morgan fingerprint density at radius 3 is 2.64 bits per heavy atom. The van der Waals surface area contributed by atoms with Crippen LogP contribution in [0.4, 0.5) is 0 Å². The maximum atomic E-state index is 12.5. The fourth-order valence-electron chi connectivity index (χ4n) is 3.22. The van der Waals surface area contributed by atoms with Gasteiger partial charge in [-0.15, -0.1) is 11.3 Å². The third kappa shape index (κ3) is 4.61. The van der Waals surface area contributed by atoms with E-state index in [9.17, 15) is 8.42 Å². The summed E-state index contributed by atoms with van der Waals surface area (Å²) in [5.74, 6) is 1.02. The molecule has 1 aromatic heterocycles. The normalized spacial score (nSPS) is 16.8. The van der Waals surface area contributed by atoms with Gasteiger partial charge >= 0.3 is 0 Å². The van der Waals surface area contributed by atoms with Crippen LogP contribution in [0, 0.1) is 0 Å². The molecule has 0 bridgehead atoms. The van der Waals surface area contributed by atoms with E-state index in [1.165, 1.54) is 12.0 Å². The number of benzene rings is 1. The standard InChI is InChI=1S/C18H24N2O3S2/c1-23-16-5-2-3-7-18(16)25(21,22)19-10-13-20-11-8-15(9-12-20)17-6-4-14-24-17/h2-7,14-15,19H,8-13H2,1H3. The molecule has 0 atom stereocenters. The molecule has 2 aromatic rings. The number of methoxy groups -OCH3 is 1. The summed E-state index contributed by atoms with van der Waals surface area (Å²) < 4.78 is 32.7. The van der Waals surface area contributed by atoms with Crippen LogP contribution in [0.1, 0.15) is 23.6 Å². The van der Waals surface area contributed by atoms with Crippen LogP contribution in [0.5, 0.6) is 5.75 Å². The van der Waals surface area contributed by atoms with Crippen LogP contribution in [0.25, 0.3) is 0 Å². The minimum Gasteiger partial charge on any atom is -0.495 e. The van der Waals surface area contributed by atoms with Crippen molar-refractivity contribution in [2.45, 2.75) is 23.7 Å². The monoisotopic (exact) mass is 380 g/mol. The summed E-state index contributed by atoms with van der Waals surface area (Å²) in [7, 11) is -2.07. The summed E-state index contributed by atoms with van der Waals surface area (Å²) >= 11 is 1.83. The van der Waals surface area contributed by atoms with E-state index in [1.807, 2.05) is 11.3 Å². The van der Waals surface area contributed by atoms with Crippen molar-refractivity contribution in [2.75, 3.05) is 33.3 Å². The summed E-state index contributed by atoms with van der Waals surface area (Å²) in [6.07, 6.45) is 2.28. The molecule has 136 valence electrons. The Labute approximate surface area is 153 Å². The molecule has 3 rings (SSSR count). The van der Waals surface area contributed by atoms with Crippen LogP contribution in [0.2, 0.25) is 0 Å². The number of hydrogen-bond donors (Lipinski definition) is 1. The van der Waals surface area contributed by atoms with Crippen molar-refractivity contribution in [3.63, 3.8) is 0 Å². The van der Waals surface area contributed by atoms with Crippen LogP contribution in [0.3, 0.4) is 0 Å². The molecule has 1 N–H and O–H groups in total. The zero-order valence-electron chi connectivity index (χ0n) is 14.3. The van der Waals surface area contributed by atoms with Gasteiger partial charge in [0.25, 0.3) is 0 Å². The van der Waals surface area contributed by atoms with Gasteiger partial charge in [0.15, 0.2) is 0 Å². The molecule has 0 amide bonds. The van der Waals surface area contributed by atoms with E-state index < -0.39 is 10.0 Å². The van der Waals surface area contributed by atoms with Gasteiger partial charge in [-0.25, -0.2) is 13.1 Å². The Bertz CT molecular complexity index is 767. The predicted octanol–water partition coefficient (Wildman–Crippen LogP) is 2.91. The lowest BCUT2D eigenvalue weighted by molar-refractivity contribution is 0.217. The predicted molar refractivity (Wildman–Crippen MR) is 101 cm³/mol. The van der Waals surface area contributed by atoms with Gasteiger partial charge in [0.05, 0.1) is 7.11 Å². The molecule has 1 aliphatic rings. The van der Waals surface area contributed by atoms with Gasteiger partial charge in [0.2, 0.25) is 10.0 Å². The molecule has 7 heteroatoms. The van der Waals surface area contributed by atoms with Crippen LogP contribution in [-0.4, -0.2) is 46.6 Å². The number of ether oxygens (including phenoxy) is 1. The van der Waals surface area contributed by atoms with Gasteiger partial charge in [-0.2, -0.15) is 0 Å². The summed E-state index contributed by atoms with van der Waals surface area (Å²) in [5.41, 5.74) is 0. The van der Waals surface area contributed by atoms with Crippen molar-refractivity contribution < 1.29 is 13.2 Å². The largest absolute Gasteiger partial charge is 0.495 e. The second-order valence-corrected chi connectivity index (χ2v) is 8.89. The van der Waals surface area contributed by atoms with E-state index in [4.69, 9.17) is 4.74 Å². The zero-order valence-corrected chi connectivity index (χ0v) is 16.0. The molecule has 0 radical (unpaired) electrons. The number of para-hydroxylation sites is 1. The smallest absolute Gasteiger partial charge is 0.244 e. The topological polar surface area (TPSA) is 58.6 Å². The lowest BCUT2D eigenvalue weighted by Gasteiger charge is -2.31. The van der Waals surface area contributed by atoms with Gasteiger partial charge in [-0.05, 0) is 55.4 Å². The van der Waals surface area contributed by atoms with Crippen LogP contribution in [0.15, 0.2) is 46.7 Å². The first-order valence-electron chi connectivity index (χ1n) is 8.48. The number of sulfonamides is 1. The maximum Gasteiger partial charge on any atom is 0.244 e. The van der Waals surface area contributed by atoms with Crippen molar-refractivity contribution in [1.82, 2.24) is 9.62 Å². The highest BCUT2D eigenvalue weighted by Gasteiger charge is 2.22. The van der Waals surface area contributed by atoms with E-state index >= 15 is 0 Å². The first kappa shape index (κ1) is 18.4. The number of thiophene rings is 1. The highest BCUT2D eigenvalue weighted by Crippen LogP contribution is 2.30. The number of nitrogens with zero attached hydrogens (tertiary/aromatic N) is 1. The lowest BCUT2D eigenvalue weighted by atomic mass is 9.95. The molecular formula is C18H24N2O3S2. The third-order valence-corrected chi connectivity index (χ3v) is 7.15. The summed E-state index contributed by atoms with van der Waals surface area (Å²) in [6.45, 7) is 3.16. The first-order chi connectivity index (χ1) is 12.1. The number of rotatable bonds is 7. The van der Waals surface area contributed by atoms with Crippen LogP contribution >= 0.6 is 11.3 Å².